The van der Waals surface area contributed by atoms with Gasteiger partial charge in [0.2, 0.25) is 0 Å². The van der Waals surface area contributed by atoms with Crippen molar-refractivity contribution in [3.63, 3.8) is 0 Å². The Morgan fingerprint density at radius 1 is 1.06 bits per heavy atom. The molecule has 10 heteroatoms. The third-order valence-electron chi connectivity index (χ3n) is 6.50. The van der Waals surface area contributed by atoms with Crippen LogP contribution in [0.25, 0.3) is 0 Å². The maximum absolute atomic E-state index is 13.2. The van der Waals surface area contributed by atoms with E-state index in [4.69, 9.17) is 11.5 Å². The second-order valence-corrected chi connectivity index (χ2v) is 9.13. The summed E-state index contributed by atoms with van der Waals surface area (Å²) in [5.41, 5.74) is 12.6. The monoisotopic (exact) mass is 458 g/mol. The van der Waals surface area contributed by atoms with Crippen LogP contribution in [0.5, 0.6) is 0 Å². The molecule has 0 unspecified atom stereocenters. The van der Waals surface area contributed by atoms with Crippen LogP contribution in [0.3, 0.4) is 0 Å². The number of hydrogen-bond acceptors (Lipinski definition) is 7. The van der Waals surface area contributed by atoms with Gasteiger partial charge in [0, 0.05) is 36.1 Å². The van der Waals surface area contributed by atoms with Gasteiger partial charge in [-0.3, -0.25) is 4.98 Å². The highest BCUT2D eigenvalue weighted by Gasteiger charge is 2.68. The molecule has 2 aromatic heterocycles. The van der Waals surface area contributed by atoms with Gasteiger partial charge in [-0.25, -0.2) is 9.97 Å². The first-order chi connectivity index (χ1) is 15.3. The van der Waals surface area contributed by atoms with Gasteiger partial charge in [-0.15, -0.1) is 0 Å². The number of benzene rings is 1. The number of fused-ring (bicyclic) bond motifs is 1. The van der Waals surface area contributed by atoms with Crippen LogP contribution >= 0.6 is 11.8 Å². The lowest BCUT2D eigenvalue weighted by molar-refractivity contribution is -0.143. The van der Waals surface area contributed by atoms with Crippen molar-refractivity contribution in [2.24, 2.45) is 17.6 Å². The molecular formula is C22H21F3N6S. The standard InChI is InChI=1S/C22H21F3N6S/c23-22(24,25)18-16(7-4-8-28-18)32-20-19(27)30-17(9-29-20)31-10-14-15(11-31)21(14,12-26)13-5-2-1-3-6-13/h1-9,14-15H,10-12,26H2,(H2,27,30)/t14-,15+,21-. The number of nitrogen functional groups attached to an aromatic ring is 1. The van der Waals surface area contributed by atoms with Gasteiger partial charge in [-0.2, -0.15) is 13.2 Å². The van der Waals surface area contributed by atoms with Crippen molar-refractivity contribution >= 4 is 23.4 Å². The van der Waals surface area contributed by atoms with Crippen molar-refractivity contribution < 1.29 is 13.2 Å². The molecule has 0 bridgehead atoms. The number of rotatable bonds is 5. The van der Waals surface area contributed by atoms with E-state index in [2.05, 4.69) is 32.0 Å². The highest BCUT2D eigenvalue weighted by atomic mass is 32.2. The summed E-state index contributed by atoms with van der Waals surface area (Å²) >= 11 is 0.813. The van der Waals surface area contributed by atoms with E-state index >= 15 is 0 Å². The van der Waals surface area contributed by atoms with Crippen LogP contribution in [0, 0.1) is 11.8 Å². The summed E-state index contributed by atoms with van der Waals surface area (Å²) in [4.78, 5) is 14.3. The van der Waals surface area contributed by atoms with E-state index in [9.17, 15) is 13.2 Å². The Bertz CT molecular complexity index is 1130. The minimum Gasteiger partial charge on any atom is -0.381 e. The van der Waals surface area contributed by atoms with Gasteiger partial charge in [0.25, 0.3) is 0 Å². The Hall–Kier alpha value is -2.85. The largest absolute Gasteiger partial charge is 0.434 e. The molecule has 3 aromatic rings. The maximum atomic E-state index is 13.2. The summed E-state index contributed by atoms with van der Waals surface area (Å²) in [6, 6.07) is 13.1. The zero-order chi connectivity index (χ0) is 22.5. The van der Waals surface area contributed by atoms with Gasteiger partial charge in [-0.05, 0) is 29.5 Å². The number of hydrogen-bond donors (Lipinski definition) is 2. The Morgan fingerprint density at radius 2 is 1.78 bits per heavy atom. The molecule has 0 radical (unpaired) electrons. The van der Waals surface area contributed by atoms with E-state index < -0.39 is 11.9 Å². The third kappa shape index (κ3) is 3.38. The van der Waals surface area contributed by atoms with Crippen molar-refractivity contribution in [1.29, 1.82) is 0 Å². The molecule has 2 aliphatic rings. The van der Waals surface area contributed by atoms with E-state index in [0.29, 0.717) is 24.2 Å². The predicted molar refractivity (Wildman–Crippen MR) is 116 cm³/mol. The molecule has 3 heterocycles. The molecule has 1 aromatic carbocycles. The lowest BCUT2D eigenvalue weighted by Crippen LogP contribution is -2.35. The predicted octanol–water partition coefficient (Wildman–Crippen LogP) is 3.59. The lowest BCUT2D eigenvalue weighted by atomic mass is 9.90. The maximum Gasteiger partial charge on any atom is 0.434 e. The van der Waals surface area contributed by atoms with Crippen LogP contribution in [-0.2, 0) is 11.6 Å². The van der Waals surface area contributed by atoms with E-state index in [1.54, 1.807) is 6.20 Å². The van der Waals surface area contributed by atoms with Crippen LogP contribution in [0.1, 0.15) is 11.3 Å². The number of piperidine rings is 1. The number of halogens is 3. The number of alkyl halides is 3. The van der Waals surface area contributed by atoms with E-state index in [1.165, 1.54) is 17.7 Å². The Morgan fingerprint density at radius 3 is 2.41 bits per heavy atom. The first kappa shape index (κ1) is 21.0. The average Bonchev–Trinajstić information content (AvgIpc) is 3.15. The van der Waals surface area contributed by atoms with Gasteiger partial charge in [-0.1, -0.05) is 42.1 Å². The first-order valence-electron chi connectivity index (χ1n) is 10.2. The summed E-state index contributed by atoms with van der Waals surface area (Å²) in [6.45, 7) is 2.17. The minimum absolute atomic E-state index is 0.000824. The molecule has 1 aliphatic heterocycles. The highest BCUT2D eigenvalue weighted by Crippen LogP contribution is 2.63. The Labute approximate surface area is 187 Å². The smallest absolute Gasteiger partial charge is 0.381 e. The fraction of sp³-hybridized carbons (Fsp3) is 0.318. The molecule has 4 N–H and O–H groups in total. The molecule has 0 spiro atoms. The molecule has 5 rings (SSSR count). The molecule has 0 amide bonds. The van der Waals surface area contributed by atoms with Gasteiger partial charge in [0.1, 0.15) is 10.8 Å². The molecule has 1 aliphatic carbocycles. The van der Waals surface area contributed by atoms with E-state index in [0.717, 1.165) is 31.0 Å². The number of pyridine rings is 1. The van der Waals surface area contributed by atoms with Gasteiger partial charge in [0.05, 0.1) is 6.20 Å². The van der Waals surface area contributed by atoms with Crippen molar-refractivity contribution in [3.8, 4) is 0 Å². The molecule has 1 saturated carbocycles. The fourth-order valence-electron chi connectivity index (χ4n) is 4.92. The molecule has 1 saturated heterocycles. The molecule has 32 heavy (non-hydrogen) atoms. The van der Waals surface area contributed by atoms with Crippen molar-refractivity contribution in [2.45, 2.75) is 21.5 Å². The quantitative estimate of drug-likeness (QED) is 0.604. The topological polar surface area (TPSA) is 94.0 Å². The SMILES string of the molecule is NC[C@@]1(c2ccccc2)[C@@H]2CN(c3cnc(Sc4cccnc4C(F)(F)F)c(N)n3)C[C@@H]21. The van der Waals surface area contributed by atoms with Crippen LogP contribution in [-0.4, -0.2) is 34.6 Å². The summed E-state index contributed by atoms with van der Waals surface area (Å²) in [5, 5.41) is 0.220. The van der Waals surface area contributed by atoms with E-state index in [-0.39, 0.29) is 21.2 Å². The molecule has 6 nitrogen and oxygen atoms in total. The molecule has 2 fully saturated rings. The third-order valence-corrected chi connectivity index (χ3v) is 7.56. The number of anilines is 2. The van der Waals surface area contributed by atoms with Crippen molar-refractivity contribution in [1.82, 2.24) is 15.0 Å². The zero-order valence-corrected chi connectivity index (χ0v) is 17.8. The summed E-state index contributed by atoms with van der Waals surface area (Å²) in [5.74, 6) is 1.58. The van der Waals surface area contributed by atoms with Crippen LogP contribution in [0.2, 0.25) is 0 Å². The lowest BCUT2D eigenvalue weighted by Gasteiger charge is -2.27. The summed E-state index contributed by atoms with van der Waals surface area (Å²) in [7, 11) is 0. The number of nitrogens with zero attached hydrogens (tertiary/aromatic N) is 4. The molecule has 3 atom stereocenters. The van der Waals surface area contributed by atoms with Gasteiger partial charge in [0.15, 0.2) is 11.5 Å². The number of nitrogens with two attached hydrogens (primary N) is 2. The molecule has 166 valence electrons. The normalized spacial score (nSPS) is 24.4. The van der Waals surface area contributed by atoms with Crippen LogP contribution < -0.4 is 16.4 Å². The van der Waals surface area contributed by atoms with E-state index in [1.807, 2.05) is 18.2 Å². The Kier molecular flexibility index (Phi) is 5.01. The fourth-order valence-corrected chi connectivity index (χ4v) is 5.80. The van der Waals surface area contributed by atoms with Crippen LogP contribution in [0.4, 0.5) is 24.8 Å². The van der Waals surface area contributed by atoms with Gasteiger partial charge < -0.3 is 16.4 Å². The highest BCUT2D eigenvalue weighted by molar-refractivity contribution is 7.99. The summed E-state index contributed by atoms with van der Waals surface area (Å²) < 4.78 is 39.7. The van der Waals surface area contributed by atoms with Crippen molar-refractivity contribution in [2.75, 3.05) is 30.3 Å². The minimum atomic E-state index is -4.56. The van der Waals surface area contributed by atoms with Crippen LogP contribution in [0.15, 0.2) is 64.8 Å². The summed E-state index contributed by atoms with van der Waals surface area (Å²) in [6.07, 6.45) is -1.88. The van der Waals surface area contributed by atoms with Gasteiger partial charge >= 0.3 is 6.18 Å². The van der Waals surface area contributed by atoms with Crippen molar-refractivity contribution in [3.05, 3.63) is 66.1 Å². The average molecular weight is 459 g/mol. The zero-order valence-electron chi connectivity index (χ0n) is 17.0. The molecular weight excluding hydrogens is 437 g/mol. The first-order valence-corrected chi connectivity index (χ1v) is 11.0. The number of aromatic nitrogens is 3. The second-order valence-electron chi connectivity index (χ2n) is 8.10. The second kappa shape index (κ2) is 7.63. The Balaban J connectivity index is 1.32.